The number of H-pyrrole nitrogens is 1. The molecule has 1 heterocycles. The maximum atomic E-state index is 12.4. The Morgan fingerprint density at radius 3 is 2.77 bits per heavy atom. The number of rotatable bonds is 3. The van der Waals surface area contributed by atoms with Gasteiger partial charge in [0.15, 0.2) is 5.69 Å². The zero-order chi connectivity index (χ0) is 15.1. The zero-order valence-corrected chi connectivity index (χ0v) is 12.3. The molecule has 22 heavy (non-hydrogen) atoms. The summed E-state index contributed by atoms with van der Waals surface area (Å²) < 4.78 is 0. The predicted molar refractivity (Wildman–Crippen MR) is 83.6 cm³/mol. The van der Waals surface area contributed by atoms with Crippen molar-refractivity contribution < 1.29 is 4.79 Å². The zero-order valence-electron chi connectivity index (χ0n) is 12.3. The molecule has 0 aliphatic heterocycles. The van der Waals surface area contributed by atoms with Crippen LogP contribution in [0.15, 0.2) is 29.1 Å². The minimum atomic E-state index is -0.264. The number of amides is 1. The first-order valence-corrected chi connectivity index (χ1v) is 7.98. The van der Waals surface area contributed by atoms with Gasteiger partial charge in [-0.3, -0.25) is 9.59 Å². The van der Waals surface area contributed by atoms with E-state index in [1.807, 2.05) is 6.07 Å². The Balaban J connectivity index is 1.53. The fourth-order valence-corrected chi connectivity index (χ4v) is 4.22. The summed E-state index contributed by atoms with van der Waals surface area (Å²) >= 11 is 0. The molecule has 5 heteroatoms. The molecule has 3 unspecified atom stereocenters. The van der Waals surface area contributed by atoms with E-state index in [9.17, 15) is 9.59 Å². The Morgan fingerprint density at radius 2 is 2.05 bits per heavy atom. The third-order valence-electron chi connectivity index (χ3n) is 5.32. The number of hydrogen-bond acceptors (Lipinski definition) is 3. The van der Waals surface area contributed by atoms with Crippen LogP contribution in [-0.2, 0) is 0 Å². The third-order valence-corrected chi connectivity index (χ3v) is 5.32. The summed E-state index contributed by atoms with van der Waals surface area (Å²) in [7, 11) is 0. The standard InChI is InChI=1S/C17H19N3O2/c21-16-14-4-2-1-3-13(14)15(19-20-16)17(22)18-9-12-8-10-5-6-11(12)7-10/h1-4,10-12H,5-9H2,(H,18,22)(H,20,21). The number of nitrogens with one attached hydrogen (secondary N) is 2. The van der Waals surface area contributed by atoms with E-state index in [1.54, 1.807) is 18.2 Å². The number of aromatic amines is 1. The summed E-state index contributed by atoms with van der Waals surface area (Å²) in [6.45, 7) is 0.717. The smallest absolute Gasteiger partial charge is 0.272 e. The first kappa shape index (κ1) is 13.5. The summed E-state index contributed by atoms with van der Waals surface area (Å²) in [5.41, 5.74) is 0.0404. The Hall–Kier alpha value is -2.17. The molecule has 2 bridgehead atoms. The van der Waals surface area contributed by atoms with Crippen molar-refractivity contribution in [3.63, 3.8) is 0 Å². The van der Waals surface area contributed by atoms with Gasteiger partial charge in [-0.05, 0) is 43.1 Å². The van der Waals surface area contributed by atoms with Crippen molar-refractivity contribution in [2.45, 2.75) is 25.7 Å². The molecule has 0 radical (unpaired) electrons. The van der Waals surface area contributed by atoms with E-state index in [1.165, 1.54) is 25.7 Å². The van der Waals surface area contributed by atoms with Crippen molar-refractivity contribution in [1.29, 1.82) is 0 Å². The Morgan fingerprint density at radius 1 is 1.23 bits per heavy atom. The van der Waals surface area contributed by atoms with Crippen LogP contribution in [0.3, 0.4) is 0 Å². The molecule has 2 aliphatic carbocycles. The lowest BCUT2D eigenvalue weighted by molar-refractivity contribution is 0.0937. The highest BCUT2D eigenvalue weighted by Gasteiger charge is 2.39. The molecule has 3 atom stereocenters. The van der Waals surface area contributed by atoms with Crippen molar-refractivity contribution in [2.24, 2.45) is 17.8 Å². The summed E-state index contributed by atoms with van der Waals surface area (Å²) in [6, 6.07) is 7.08. The second-order valence-electron chi connectivity index (χ2n) is 6.59. The van der Waals surface area contributed by atoms with E-state index in [0.717, 1.165) is 18.4 Å². The van der Waals surface area contributed by atoms with E-state index in [-0.39, 0.29) is 11.5 Å². The molecule has 114 valence electrons. The number of benzene rings is 1. The molecule has 0 saturated heterocycles. The molecule has 2 fully saturated rings. The van der Waals surface area contributed by atoms with Gasteiger partial charge in [0.1, 0.15) is 0 Å². The topological polar surface area (TPSA) is 74.8 Å². The number of aromatic nitrogens is 2. The van der Waals surface area contributed by atoms with Crippen LogP contribution in [0.5, 0.6) is 0 Å². The lowest BCUT2D eigenvalue weighted by Gasteiger charge is -2.21. The van der Waals surface area contributed by atoms with Crippen molar-refractivity contribution in [3.8, 4) is 0 Å². The molecule has 0 spiro atoms. The van der Waals surface area contributed by atoms with Crippen molar-refractivity contribution in [3.05, 3.63) is 40.3 Å². The van der Waals surface area contributed by atoms with Gasteiger partial charge >= 0.3 is 0 Å². The number of carbonyl (C=O) groups is 1. The highest BCUT2D eigenvalue weighted by Crippen LogP contribution is 2.47. The number of hydrogen-bond donors (Lipinski definition) is 2. The molecule has 2 aromatic rings. The van der Waals surface area contributed by atoms with Crippen molar-refractivity contribution >= 4 is 16.7 Å². The quantitative estimate of drug-likeness (QED) is 0.911. The molecule has 5 nitrogen and oxygen atoms in total. The Bertz CT molecular complexity index is 783. The maximum absolute atomic E-state index is 12.4. The van der Waals surface area contributed by atoms with E-state index >= 15 is 0 Å². The van der Waals surface area contributed by atoms with Crippen molar-refractivity contribution in [1.82, 2.24) is 15.5 Å². The summed E-state index contributed by atoms with van der Waals surface area (Å²) in [4.78, 5) is 24.2. The fraction of sp³-hybridized carbons (Fsp3) is 0.471. The predicted octanol–water partition coefficient (Wildman–Crippen LogP) is 2.09. The van der Waals surface area contributed by atoms with Gasteiger partial charge in [-0.2, -0.15) is 5.10 Å². The van der Waals surface area contributed by atoms with Crippen LogP contribution in [0.4, 0.5) is 0 Å². The fourth-order valence-electron chi connectivity index (χ4n) is 4.22. The minimum Gasteiger partial charge on any atom is -0.350 e. The monoisotopic (exact) mass is 297 g/mol. The second-order valence-corrected chi connectivity index (χ2v) is 6.59. The van der Waals surface area contributed by atoms with Crippen molar-refractivity contribution in [2.75, 3.05) is 6.54 Å². The summed E-state index contributed by atoms with van der Waals surface area (Å²) in [5, 5.41) is 10.5. The first-order valence-electron chi connectivity index (χ1n) is 7.98. The van der Waals surface area contributed by atoms with Crippen LogP contribution in [0, 0.1) is 17.8 Å². The first-order chi connectivity index (χ1) is 10.7. The van der Waals surface area contributed by atoms with Gasteiger partial charge < -0.3 is 5.32 Å². The van der Waals surface area contributed by atoms with Gasteiger partial charge in [0, 0.05) is 11.9 Å². The average molecular weight is 297 g/mol. The van der Waals surface area contributed by atoms with Crippen LogP contribution >= 0.6 is 0 Å². The highest BCUT2D eigenvalue weighted by molar-refractivity contribution is 6.04. The molecule has 1 amide bonds. The molecule has 4 rings (SSSR count). The van der Waals surface area contributed by atoms with E-state index < -0.39 is 0 Å². The molecule has 1 aromatic heterocycles. The van der Waals surface area contributed by atoms with Gasteiger partial charge in [0.2, 0.25) is 0 Å². The molecule has 1 aromatic carbocycles. The average Bonchev–Trinajstić information content (AvgIpc) is 3.16. The third kappa shape index (κ3) is 2.21. The van der Waals surface area contributed by atoms with Gasteiger partial charge in [0.05, 0.1) is 5.39 Å². The summed E-state index contributed by atoms with van der Waals surface area (Å²) in [6.07, 6.45) is 5.25. The van der Waals surface area contributed by atoms with Gasteiger partial charge in [-0.1, -0.05) is 24.6 Å². The molecule has 2 N–H and O–H groups in total. The van der Waals surface area contributed by atoms with Crippen LogP contribution in [0.25, 0.3) is 10.8 Å². The second kappa shape index (κ2) is 5.23. The lowest BCUT2D eigenvalue weighted by Crippen LogP contribution is -2.32. The Labute approximate surface area is 128 Å². The molecular weight excluding hydrogens is 278 g/mol. The molecular formula is C17H19N3O2. The van der Waals surface area contributed by atoms with Crippen LogP contribution in [-0.4, -0.2) is 22.6 Å². The number of nitrogens with zero attached hydrogens (tertiary/aromatic N) is 1. The van der Waals surface area contributed by atoms with Gasteiger partial charge in [-0.25, -0.2) is 5.10 Å². The summed E-state index contributed by atoms with van der Waals surface area (Å²) in [5.74, 6) is 2.07. The van der Waals surface area contributed by atoms with Crippen LogP contribution in [0.1, 0.15) is 36.2 Å². The SMILES string of the molecule is O=C(NCC1CC2CCC1C2)c1n[nH]c(=O)c2ccccc12. The van der Waals surface area contributed by atoms with Crippen LogP contribution in [0.2, 0.25) is 0 Å². The van der Waals surface area contributed by atoms with E-state index in [0.29, 0.717) is 22.4 Å². The lowest BCUT2D eigenvalue weighted by atomic mass is 9.89. The van der Waals surface area contributed by atoms with E-state index in [4.69, 9.17) is 0 Å². The maximum Gasteiger partial charge on any atom is 0.272 e. The largest absolute Gasteiger partial charge is 0.350 e. The molecule has 2 aliphatic rings. The number of carbonyl (C=O) groups excluding carboxylic acids is 1. The number of fused-ring (bicyclic) bond motifs is 3. The normalized spacial score (nSPS) is 26.5. The van der Waals surface area contributed by atoms with Gasteiger partial charge in [0.25, 0.3) is 11.5 Å². The Kier molecular flexibility index (Phi) is 3.21. The van der Waals surface area contributed by atoms with E-state index in [2.05, 4.69) is 15.5 Å². The highest BCUT2D eigenvalue weighted by atomic mass is 16.2. The van der Waals surface area contributed by atoms with Gasteiger partial charge in [-0.15, -0.1) is 0 Å². The van der Waals surface area contributed by atoms with Crippen LogP contribution < -0.4 is 10.9 Å². The minimum absolute atomic E-state index is 0.199. The molecule has 2 saturated carbocycles.